The summed E-state index contributed by atoms with van der Waals surface area (Å²) in [6.07, 6.45) is -3.02. The molecule has 11 heteroatoms. The van der Waals surface area contributed by atoms with Gasteiger partial charge >= 0.3 is 0 Å². The molecule has 0 aliphatic carbocycles. The van der Waals surface area contributed by atoms with Crippen LogP contribution in [0.4, 0.5) is 23.2 Å². The molecule has 2 aromatic rings. The van der Waals surface area contributed by atoms with Crippen LogP contribution in [-0.4, -0.2) is 49.1 Å². The number of alkyl halides is 2. The van der Waals surface area contributed by atoms with E-state index < -0.39 is 58.6 Å². The lowest BCUT2D eigenvalue weighted by Gasteiger charge is -2.31. The van der Waals surface area contributed by atoms with Crippen LogP contribution in [0.1, 0.15) is 22.3 Å². The van der Waals surface area contributed by atoms with Gasteiger partial charge in [-0.2, -0.15) is 4.31 Å². The second kappa shape index (κ2) is 8.70. The number of halogens is 4. The first-order chi connectivity index (χ1) is 14.1. The Balaban J connectivity index is 1.83. The number of amides is 1. The van der Waals surface area contributed by atoms with Gasteiger partial charge in [0.1, 0.15) is 12.8 Å². The molecule has 6 nitrogen and oxygen atoms in total. The number of sulfonamides is 1. The maximum absolute atomic E-state index is 13.7. The zero-order valence-corrected chi connectivity index (χ0v) is 16.3. The Bertz CT molecular complexity index is 1060. The SMILES string of the molecule is O=C(Nc1cc(F)c(F)c(CF)c1)c1cccc(S(=O)(=O)N2CCC(O)C(F)C2)c1. The predicted octanol–water partition coefficient (Wildman–Crippen LogP) is 2.78. The van der Waals surface area contributed by atoms with Crippen LogP contribution in [0.2, 0.25) is 0 Å². The van der Waals surface area contributed by atoms with Crippen molar-refractivity contribution in [3.63, 3.8) is 0 Å². The van der Waals surface area contributed by atoms with E-state index in [1.54, 1.807) is 0 Å². The largest absolute Gasteiger partial charge is 0.390 e. The van der Waals surface area contributed by atoms with E-state index in [9.17, 15) is 35.9 Å². The monoisotopic (exact) mass is 446 g/mol. The third-order valence-electron chi connectivity index (χ3n) is 4.71. The molecular weight excluding hydrogens is 428 g/mol. The number of carbonyl (C=O) groups excluding carboxylic acids is 1. The average molecular weight is 446 g/mol. The van der Waals surface area contributed by atoms with Crippen LogP contribution in [-0.2, 0) is 16.7 Å². The Labute approximate surface area is 170 Å². The molecule has 1 fully saturated rings. The van der Waals surface area contributed by atoms with Gasteiger partial charge in [0, 0.05) is 36.0 Å². The minimum absolute atomic E-state index is 0.0619. The van der Waals surface area contributed by atoms with Gasteiger partial charge in [0.25, 0.3) is 5.91 Å². The summed E-state index contributed by atoms with van der Waals surface area (Å²) >= 11 is 0. The summed E-state index contributed by atoms with van der Waals surface area (Å²) in [6.45, 7) is -1.87. The lowest BCUT2D eigenvalue weighted by molar-refractivity contribution is 0.0303. The van der Waals surface area contributed by atoms with E-state index in [2.05, 4.69) is 5.32 Å². The van der Waals surface area contributed by atoms with Crippen LogP contribution >= 0.6 is 0 Å². The quantitative estimate of drug-likeness (QED) is 0.692. The molecule has 2 unspecified atom stereocenters. The third kappa shape index (κ3) is 4.47. The lowest BCUT2D eigenvalue weighted by atomic mass is 10.1. The van der Waals surface area contributed by atoms with Gasteiger partial charge in [-0.3, -0.25) is 4.79 Å². The summed E-state index contributed by atoms with van der Waals surface area (Å²) in [5.41, 5.74) is -0.892. The van der Waals surface area contributed by atoms with Crippen molar-refractivity contribution in [3.8, 4) is 0 Å². The fourth-order valence-corrected chi connectivity index (χ4v) is 4.56. The molecule has 3 rings (SSSR count). The van der Waals surface area contributed by atoms with Gasteiger partial charge in [-0.1, -0.05) is 6.07 Å². The minimum Gasteiger partial charge on any atom is -0.390 e. The molecule has 2 N–H and O–H groups in total. The molecule has 0 spiro atoms. The molecule has 0 radical (unpaired) electrons. The standard InChI is InChI=1S/C19H18F4N2O4S/c20-9-12-6-13(8-15(21)18(12)23)24-19(27)11-2-1-3-14(7-11)30(28,29)25-5-4-17(26)16(22)10-25/h1-3,6-8,16-17,26H,4-5,9-10H2,(H,24,27). The van der Waals surface area contributed by atoms with Crippen molar-refractivity contribution >= 4 is 21.6 Å². The van der Waals surface area contributed by atoms with E-state index in [0.717, 1.165) is 16.4 Å². The van der Waals surface area contributed by atoms with E-state index in [0.29, 0.717) is 6.07 Å². The normalized spacial score (nSPS) is 20.2. The number of anilines is 1. The second-order valence-electron chi connectivity index (χ2n) is 6.78. The smallest absolute Gasteiger partial charge is 0.255 e. The molecule has 0 bridgehead atoms. The highest BCUT2D eigenvalue weighted by molar-refractivity contribution is 7.89. The van der Waals surface area contributed by atoms with Crippen molar-refractivity contribution in [3.05, 3.63) is 59.2 Å². The third-order valence-corrected chi connectivity index (χ3v) is 6.57. The number of hydrogen-bond donors (Lipinski definition) is 2. The highest BCUT2D eigenvalue weighted by Crippen LogP contribution is 2.24. The van der Waals surface area contributed by atoms with E-state index >= 15 is 0 Å². The number of benzene rings is 2. The van der Waals surface area contributed by atoms with Crippen molar-refractivity contribution in [2.75, 3.05) is 18.4 Å². The Morgan fingerprint density at radius 3 is 2.63 bits per heavy atom. The number of hydrogen-bond acceptors (Lipinski definition) is 4. The zero-order chi connectivity index (χ0) is 22.1. The number of aliphatic hydroxyl groups is 1. The number of nitrogens with zero attached hydrogens (tertiary/aromatic N) is 1. The molecule has 2 aromatic carbocycles. The number of aliphatic hydroxyl groups excluding tert-OH is 1. The lowest BCUT2D eigenvalue weighted by Crippen LogP contribution is -2.47. The molecule has 0 saturated carbocycles. The van der Waals surface area contributed by atoms with Crippen molar-refractivity contribution in [2.45, 2.75) is 30.3 Å². The van der Waals surface area contributed by atoms with E-state index in [-0.39, 0.29) is 29.1 Å². The number of rotatable bonds is 5. The van der Waals surface area contributed by atoms with Crippen LogP contribution in [0.5, 0.6) is 0 Å². The first-order valence-corrected chi connectivity index (χ1v) is 10.3. The summed E-state index contributed by atoms with van der Waals surface area (Å²) in [5, 5.41) is 11.7. The van der Waals surface area contributed by atoms with Crippen LogP contribution < -0.4 is 5.32 Å². The van der Waals surface area contributed by atoms with Gasteiger partial charge in [0.05, 0.1) is 11.0 Å². The maximum atomic E-state index is 13.7. The van der Waals surface area contributed by atoms with Crippen molar-refractivity contribution in [1.29, 1.82) is 0 Å². The molecule has 162 valence electrons. The summed E-state index contributed by atoms with van der Waals surface area (Å²) < 4.78 is 79.9. The molecule has 30 heavy (non-hydrogen) atoms. The van der Waals surface area contributed by atoms with Gasteiger partial charge in [-0.15, -0.1) is 0 Å². The molecular formula is C19H18F4N2O4S. The summed E-state index contributed by atoms with van der Waals surface area (Å²) in [6, 6.07) is 6.47. The molecule has 1 heterocycles. The summed E-state index contributed by atoms with van der Waals surface area (Å²) in [7, 11) is -4.13. The Kier molecular flexibility index (Phi) is 6.44. The van der Waals surface area contributed by atoms with E-state index in [1.165, 1.54) is 18.2 Å². The average Bonchev–Trinajstić information content (AvgIpc) is 2.72. The summed E-state index contributed by atoms with van der Waals surface area (Å²) in [5.74, 6) is -3.54. The van der Waals surface area contributed by atoms with Crippen molar-refractivity contribution in [2.24, 2.45) is 0 Å². The maximum Gasteiger partial charge on any atom is 0.255 e. The fraction of sp³-hybridized carbons (Fsp3) is 0.316. The molecule has 2 atom stereocenters. The van der Waals surface area contributed by atoms with E-state index in [4.69, 9.17) is 0 Å². The second-order valence-corrected chi connectivity index (χ2v) is 8.72. The fourth-order valence-electron chi connectivity index (χ4n) is 3.05. The molecule has 1 aliphatic rings. The molecule has 1 aliphatic heterocycles. The van der Waals surface area contributed by atoms with Crippen LogP contribution in [0.15, 0.2) is 41.3 Å². The highest BCUT2D eigenvalue weighted by atomic mass is 32.2. The number of nitrogens with one attached hydrogen (secondary N) is 1. The zero-order valence-electron chi connectivity index (χ0n) is 15.5. The minimum atomic E-state index is -4.13. The summed E-state index contributed by atoms with van der Waals surface area (Å²) in [4.78, 5) is 12.2. The first-order valence-electron chi connectivity index (χ1n) is 8.91. The van der Waals surface area contributed by atoms with Gasteiger partial charge in [0.2, 0.25) is 10.0 Å². The topological polar surface area (TPSA) is 86.7 Å². The van der Waals surface area contributed by atoms with Crippen LogP contribution in [0.3, 0.4) is 0 Å². The molecule has 0 aromatic heterocycles. The number of piperidine rings is 1. The van der Waals surface area contributed by atoms with Gasteiger partial charge < -0.3 is 10.4 Å². The highest BCUT2D eigenvalue weighted by Gasteiger charge is 2.35. The number of carbonyl (C=O) groups is 1. The van der Waals surface area contributed by atoms with E-state index in [1.807, 2.05) is 0 Å². The Morgan fingerprint density at radius 1 is 1.23 bits per heavy atom. The van der Waals surface area contributed by atoms with Gasteiger partial charge in [-0.05, 0) is 30.7 Å². The Morgan fingerprint density at radius 2 is 1.97 bits per heavy atom. The predicted molar refractivity (Wildman–Crippen MR) is 99.8 cm³/mol. The van der Waals surface area contributed by atoms with Crippen LogP contribution in [0, 0.1) is 11.6 Å². The first kappa shape index (κ1) is 22.2. The van der Waals surface area contributed by atoms with Crippen molar-refractivity contribution < 1.29 is 35.9 Å². The Hall–Kier alpha value is -2.50. The van der Waals surface area contributed by atoms with Gasteiger partial charge in [0.15, 0.2) is 11.6 Å². The van der Waals surface area contributed by atoms with Crippen molar-refractivity contribution in [1.82, 2.24) is 4.31 Å². The van der Waals surface area contributed by atoms with Gasteiger partial charge in [-0.25, -0.2) is 26.0 Å². The molecule has 1 amide bonds. The molecule has 1 saturated heterocycles. The van der Waals surface area contributed by atoms with Crippen LogP contribution in [0.25, 0.3) is 0 Å².